The van der Waals surface area contributed by atoms with Crippen LogP contribution in [-0.2, 0) is 4.79 Å². The molecule has 0 aromatic heterocycles. The van der Waals surface area contributed by atoms with Crippen molar-refractivity contribution in [1.29, 1.82) is 0 Å². The van der Waals surface area contributed by atoms with E-state index in [1.165, 1.54) is 31.1 Å². The number of hydrogen-bond acceptors (Lipinski definition) is 3. The Labute approximate surface area is 117 Å². The van der Waals surface area contributed by atoms with Gasteiger partial charge in [-0.05, 0) is 24.6 Å². The molecular weight excluding hydrogens is 261 g/mol. The number of carbonyl (C=O) groups excluding carboxylic acids is 2. The molecule has 0 spiro atoms. The zero-order chi connectivity index (χ0) is 15.4. The van der Waals surface area contributed by atoms with E-state index in [4.69, 9.17) is 5.73 Å². The predicted molar refractivity (Wildman–Crippen MR) is 75.7 cm³/mol. The van der Waals surface area contributed by atoms with Crippen LogP contribution in [0.4, 0.5) is 10.1 Å². The van der Waals surface area contributed by atoms with E-state index in [2.05, 4.69) is 5.32 Å². The molecule has 0 fully saturated rings. The zero-order valence-electron chi connectivity index (χ0n) is 12.2. The van der Waals surface area contributed by atoms with Crippen molar-refractivity contribution in [3.63, 3.8) is 0 Å². The Morgan fingerprint density at radius 1 is 1.45 bits per heavy atom. The molecule has 2 amide bonds. The van der Waals surface area contributed by atoms with E-state index >= 15 is 0 Å². The summed E-state index contributed by atoms with van der Waals surface area (Å²) in [5, 5.41) is 2.51. The lowest BCUT2D eigenvalue weighted by atomic mass is 10.1. The van der Waals surface area contributed by atoms with E-state index < -0.39 is 11.7 Å². The van der Waals surface area contributed by atoms with Gasteiger partial charge in [-0.2, -0.15) is 0 Å². The molecular formula is C14H20FN3O2. The number of amides is 2. The van der Waals surface area contributed by atoms with Gasteiger partial charge in [0, 0.05) is 26.3 Å². The largest absolute Gasteiger partial charge is 0.399 e. The topological polar surface area (TPSA) is 75.4 Å². The van der Waals surface area contributed by atoms with Crippen molar-refractivity contribution in [1.82, 2.24) is 10.2 Å². The molecule has 1 aromatic rings. The average molecular weight is 281 g/mol. The fourth-order valence-corrected chi connectivity index (χ4v) is 1.98. The fourth-order valence-electron chi connectivity index (χ4n) is 1.98. The number of rotatable bonds is 4. The van der Waals surface area contributed by atoms with Gasteiger partial charge in [0.2, 0.25) is 5.91 Å². The third-order valence-electron chi connectivity index (χ3n) is 3.10. The summed E-state index contributed by atoms with van der Waals surface area (Å²) >= 11 is 0. The van der Waals surface area contributed by atoms with Gasteiger partial charge < -0.3 is 16.0 Å². The highest BCUT2D eigenvalue weighted by atomic mass is 19.1. The van der Waals surface area contributed by atoms with Crippen LogP contribution in [0.5, 0.6) is 0 Å². The first kappa shape index (κ1) is 15.9. The molecule has 3 N–H and O–H groups in total. The minimum absolute atomic E-state index is 0.0749. The Hall–Kier alpha value is -2.11. The van der Waals surface area contributed by atoms with Crippen molar-refractivity contribution >= 4 is 17.5 Å². The smallest absolute Gasteiger partial charge is 0.256 e. The van der Waals surface area contributed by atoms with Gasteiger partial charge >= 0.3 is 0 Å². The molecule has 1 aromatic carbocycles. The summed E-state index contributed by atoms with van der Waals surface area (Å²) in [6.45, 7) is 3.45. The number of nitrogens with zero attached hydrogens (tertiary/aromatic N) is 1. The first-order chi connectivity index (χ1) is 9.27. The summed E-state index contributed by atoms with van der Waals surface area (Å²) in [4.78, 5) is 25.0. The minimum atomic E-state index is -0.580. The van der Waals surface area contributed by atoms with Gasteiger partial charge in [0.25, 0.3) is 5.91 Å². The van der Waals surface area contributed by atoms with Crippen molar-refractivity contribution in [2.24, 2.45) is 5.92 Å². The van der Waals surface area contributed by atoms with E-state index in [0.29, 0.717) is 11.3 Å². The van der Waals surface area contributed by atoms with Gasteiger partial charge in [0.05, 0.1) is 11.5 Å². The minimum Gasteiger partial charge on any atom is -0.399 e. The number of halogens is 1. The highest BCUT2D eigenvalue weighted by Crippen LogP contribution is 2.18. The standard InChI is InChI=1S/C14H20FN3O2/c1-8-5-10(16)6-11(12(8)15)14(20)18(4)7-9(2)13(19)17-3/h5-6,9H,7,16H2,1-4H3,(H,17,19). The molecule has 1 atom stereocenters. The molecule has 20 heavy (non-hydrogen) atoms. The maximum absolute atomic E-state index is 14.0. The van der Waals surface area contributed by atoms with Crippen LogP contribution in [0.3, 0.4) is 0 Å². The average Bonchev–Trinajstić information content (AvgIpc) is 2.40. The lowest BCUT2D eigenvalue weighted by Gasteiger charge is -2.21. The molecule has 5 nitrogen and oxygen atoms in total. The SMILES string of the molecule is CNC(=O)C(C)CN(C)C(=O)c1cc(N)cc(C)c1F. The van der Waals surface area contributed by atoms with Gasteiger partial charge in [0.15, 0.2) is 0 Å². The van der Waals surface area contributed by atoms with Gasteiger partial charge in [-0.15, -0.1) is 0 Å². The number of nitrogens with one attached hydrogen (secondary N) is 1. The van der Waals surface area contributed by atoms with Crippen LogP contribution in [0, 0.1) is 18.7 Å². The fraction of sp³-hybridized carbons (Fsp3) is 0.429. The second kappa shape index (κ2) is 6.36. The normalized spacial score (nSPS) is 11.8. The molecule has 0 heterocycles. The third-order valence-corrected chi connectivity index (χ3v) is 3.10. The Kier molecular flexibility index (Phi) is 5.07. The number of hydrogen-bond donors (Lipinski definition) is 2. The second-order valence-corrected chi connectivity index (χ2v) is 4.90. The molecule has 1 unspecified atom stereocenters. The maximum atomic E-state index is 14.0. The summed E-state index contributed by atoms with van der Waals surface area (Å²) < 4.78 is 14.0. The number of aryl methyl sites for hydroxylation is 1. The van der Waals surface area contributed by atoms with Crippen LogP contribution >= 0.6 is 0 Å². The summed E-state index contributed by atoms with van der Waals surface area (Å²) in [6.07, 6.45) is 0. The molecule has 0 radical (unpaired) electrons. The van der Waals surface area contributed by atoms with E-state index in [1.54, 1.807) is 13.8 Å². The highest BCUT2D eigenvalue weighted by Gasteiger charge is 2.21. The van der Waals surface area contributed by atoms with Crippen molar-refractivity contribution in [3.8, 4) is 0 Å². The molecule has 0 bridgehead atoms. The van der Waals surface area contributed by atoms with Crippen LogP contribution in [-0.4, -0.2) is 37.4 Å². The second-order valence-electron chi connectivity index (χ2n) is 4.90. The number of benzene rings is 1. The molecule has 0 aliphatic heterocycles. The van der Waals surface area contributed by atoms with E-state index in [-0.39, 0.29) is 23.9 Å². The number of anilines is 1. The molecule has 0 aliphatic rings. The van der Waals surface area contributed by atoms with Crippen molar-refractivity contribution in [3.05, 3.63) is 29.1 Å². The van der Waals surface area contributed by atoms with Crippen LogP contribution in [0.25, 0.3) is 0 Å². The van der Waals surface area contributed by atoms with Crippen molar-refractivity contribution in [2.45, 2.75) is 13.8 Å². The molecule has 6 heteroatoms. The first-order valence-electron chi connectivity index (χ1n) is 6.30. The number of carbonyl (C=O) groups is 2. The summed E-state index contributed by atoms with van der Waals surface area (Å²) in [6, 6.07) is 2.78. The molecule has 0 saturated heterocycles. The van der Waals surface area contributed by atoms with Gasteiger partial charge in [-0.1, -0.05) is 6.92 Å². The van der Waals surface area contributed by atoms with Crippen LogP contribution in [0.2, 0.25) is 0 Å². The zero-order valence-corrected chi connectivity index (χ0v) is 12.2. The first-order valence-corrected chi connectivity index (χ1v) is 6.30. The summed E-state index contributed by atoms with van der Waals surface area (Å²) in [7, 11) is 3.06. The third kappa shape index (κ3) is 3.46. The van der Waals surface area contributed by atoms with Crippen molar-refractivity contribution < 1.29 is 14.0 Å². The monoisotopic (exact) mass is 281 g/mol. The Morgan fingerprint density at radius 2 is 2.05 bits per heavy atom. The van der Waals surface area contributed by atoms with Gasteiger partial charge in [0.1, 0.15) is 5.82 Å². The van der Waals surface area contributed by atoms with E-state index in [0.717, 1.165) is 0 Å². The maximum Gasteiger partial charge on any atom is 0.256 e. The quantitative estimate of drug-likeness (QED) is 0.813. The number of nitrogens with two attached hydrogens (primary N) is 1. The van der Waals surface area contributed by atoms with Crippen LogP contribution in [0.15, 0.2) is 12.1 Å². The Morgan fingerprint density at radius 3 is 2.60 bits per heavy atom. The lowest BCUT2D eigenvalue weighted by molar-refractivity contribution is -0.124. The molecule has 110 valence electrons. The van der Waals surface area contributed by atoms with Gasteiger partial charge in [-0.3, -0.25) is 9.59 Å². The Bertz CT molecular complexity index is 531. The van der Waals surface area contributed by atoms with Crippen LogP contribution in [0.1, 0.15) is 22.8 Å². The highest BCUT2D eigenvalue weighted by molar-refractivity contribution is 5.95. The lowest BCUT2D eigenvalue weighted by Crippen LogP contribution is -2.37. The van der Waals surface area contributed by atoms with Crippen molar-refractivity contribution in [2.75, 3.05) is 26.4 Å². The molecule has 1 rings (SSSR count). The molecule has 0 aliphatic carbocycles. The molecule has 0 saturated carbocycles. The predicted octanol–water partition coefficient (Wildman–Crippen LogP) is 1.17. The van der Waals surface area contributed by atoms with E-state index in [9.17, 15) is 14.0 Å². The summed E-state index contributed by atoms with van der Waals surface area (Å²) in [5.41, 5.74) is 6.21. The van der Waals surface area contributed by atoms with Gasteiger partial charge in [-0.25, -0.2) is 4.39 Å². The number of nitrogen functional groups attached to an aromatic ring is 1. The summed E-state index contributed by atoms with van der Waals surface area (Å²) in [5.74, 6) is -1.62. The van der Waals surface area contributed by atoms with E-state index in [1.807, 2.05) is 0 Å². The van der Waals surface area contributed by atoms with Crippen LogP contribution < -0.4 is 11.1 Å². The Balaban J connectivity index is 2.93.